The van der Waals surface area contributed by atoms with Crippen LogP contribution < -0.4 is 0 Å². The average Bonchev–Trinajstić information content (AvgIpc) is 3.74. The van der Waals surface area contributed by atoms with Gasteiger partial charge in [-0.25, -0.2) is 0 Å². The number of hydrogen-bond donors (Lipinski definition) is 3. The van der Waals surface area contributed by atoms with Crippen molar-refractivity contribution in [2.24, 2.45) is 0 Å². The summed E-state index contributed by atoms with van der Waals surface area (Å²) in [6, 6.07) is 16.2. The molecule has 0 fully saturated rings. The number of aryl methyl sites for hydroxylation is 3. The van der Waals surface area contributed by atoms with Gasteiger partial charge < -0.3 is 29.5 Å². The van der Waals surface area contributed by atoms with Crippen LogP contribution in [0.1, 0.15) is 89.7 Å². The first-order chi connectivity index (χ1) is 21.6. The van der Waals surface area contributed by atoms with Crippen LogP contribution in [0.4, 0.5) is 0 Å². The van der Waals surface area contributed by atoms with E-state index in [1.807, 2.05) is 18.2 Å². The molecule has 0 aromatic heterocycles. The number of aromatic hydroxyl groups is 3. The van der Waals surface area contributed by atoms with Gasteiger partial charge in [0.25, 0.3) is 0 Å². The van der Waals surface area contributed by atoms with Gasteiger partial charge in [0.05, 0.1) is 40.6 Å². The Kier molecular flexibility index (Phi) is 11.5. The van der Waals surface area contributed by atoms with Crippen LogP contribution >= 0.6 is 0 Å². The first kappa shape index (κ1) is 33.4. The smallest absolute Gasteiger partial charge is 0.306 e. The van der Waals surface area contributed by atoms with Crippen molar-refractivity contribution in [2.45, 2.75) is 75.5 Å². The minimum absolute atomic E-state index is 0.184. The predicted octanol–water partition coefficient (Wildman–Crippen LogP) is 5.96. The molecule has 240 valence electrons. The van der Waals surface area contributed by atoms with E-state index in [0.29, 0.717) is 19.3 Å². The summed E-state index contributed by atoms with van der Waals surface area (Å²) in [5.74, 6) is 0.878. The fourth-order valence-electron chi connectivity index (χ4n) is 6.52. The van der Waals surface area contributed by atoms with Crippen LogP contribution in [-0.4, -0.2) is 54.6 Å². The van der Waals surface area contributed by atoms with E-state index < -0.39 is 0 Å². The largest absolute Gasteiger partial charge is 0.508 e. The van der Waals surface area contributed by atoms with Gasteiger partial charge in [-0.15, -0.1) is 0 Å². The average molecular weight is 619 g/mol. The van der Waals surface area contributed by atoms with E-state index in [9.17, 15) is 29.7 Å². The third-order valence-corrected chi connectivity index (χ3v) is 8.92. The van der Waals surface area contributed by atoms with Gasteiger partial charge in [-0.1, -0.05) is 18.2 Å². The number of rotatable bonds is 6. The third-order valence-electron chi connectivity index (χ3n) is 8.92. The lowest BCUT2D eigenvalue weighted by molar-refractivity contribution is -0.142. The summed E-state index contributed by atoms with van der Waals surface area (Å²) in [6.45, 7) is 0. The Labute approximate surface area is 263 Å². The highest BCUT2D eigenvalue weighted by Gasteiger charge is 2.27. The number of methoxy groups -OCH3 is 3. The van der Waals surface area contributed by atoms with Crippen LogP contribution in [0, 0.1) is 0 Å². The summed E-state index contributed by atoms with van der Waals surface area (Å²) >= 11 is 0. The molecule has 3 aliphatic rings. The third kappa shape index (κ3) is 8.77. The lowest BCUT2D eigenvalue weighted by Crippen LogP contribution is -2.06. The molecule has 9 nitrogen and oxygen atoms in total. The molecular formula is C36H42O9. The fourth-order valence-corrected chi connectivity index (χ4v) is 6.52. The summed E-state index contributed by atoms with van der Waals surface area (Å²) < 4.78 is 14.0. The van der Waals surface area contributed by atoms with Crippen molar-refractivity contribution in [1.82, 2.24) is 0 Å². The molecule has 1 unspecified atom stereocenters. The van der Waals surface area contributed by atoms with Crippen LogP contribution in [0.15, 0.2) is 54.6 Å². The maximum Gasteiger partial charge on any atom is 0.306 e. The number of benzene rings is 3. The minimum Gasteiger partial charge on any atom is -0.508 e. The molecule has 3 aromatic rings. The summed E-state index contributed by atoms with van der Waals surface area (Å²) in [6.07, 6.45) is 7.08. The standard InChI is InChI=1S/3C12H14O3/c3*1-15-12(14)6-9-3-2-8-4-5-10(13)7-11(8)9/h3*4-5,7,9,13H,2-3,6H2,1H3/t2*9-;/m10./s1. The Balaban J connectivity index is 0.000000154. The van der Waals surface area contributed by atoms with Crippen molar-refractivity contribution in [3.05, 3.63) is 88.0 Å². The lowest BCUT2D eigenvalue weighted by atomic mass is 9.98. The van der Waals surface area contributed by atoms with Gasteiger partial charge in [0.2, 0.25) is 0 Å². The Morgan fingerprint density at radius 2 is 0.800 bits per heavy atom. The van der Waals surface area contributed by atoms with E-state index in [-0.39, 0.29) is 52.9 Å². The van der Waals surface area contributed by atoms with Gasteiger partial charge in [-0.2, -0.15) is 0 Å². The summed E-state index contributed by atoms with van der Waals surface area (Å²) in [4.78, 5) is 33.5. The first-order valence-corrected chi connectivity index (χ1v) is 15.3. The maximum absolute atomic E-state index is 11.2. The van der Waals surface area contributed by atoms with Crippen LogP contribution in [0.25, 0.3) is 0 Å². The molecule has 0 spiro atoms. The van der Waals surface area contributed by atoms with E-state index in [4.69, 9.17) is 0 Å². The van der Waals surface area contributed by atoms with E-state index in [1.54, 1.807) is 36.4 Å². The van der Waals surface area contributed by atoms with Crippen molar-refractivity contribution >= 4 is 17.9 Å². The summed E-state index contributed by atoms with van der Waals surface area (Å²) in [5.41, 5.74) is 7.01. The van der Waals surface area contributed by atoms with Crippen molar-refractivity contribution in [1.29, 1.82) is 0 Å². The molecule has 6 rings (SSSR count). The first-order valence-electron chi connectivity index (χ1n) is 15.3. The number of carbonyl (C=O) groups excluding carboxylic acids is 3. The maximum atomic E-state index is 11.2. The topological polar surface area (TPSA) is 140 Å². The van der Waals surface area contributed by atoms with E-state index >= 15 is 0 Å². The van der Waals surface area contributed by atoms with Crippen LogP contribution in [0.5, 0.6) is 17.2 Å². The number of esters is 3. The molecule has 0 heterocycles. The van der Waals surface area contributed by atoms with Gasteiger partial charge in [-0.05, 0) is 126 Å². The minimum atomic E-state index is -0.184. The lowest BCUT2D eigenvalue weighted by Gasteiger charge is -2.09. The Bertz CT molecular complexity index is 1330. The van der Waals surface area contributed by atoms with Gasteiger partial charge in [-0.3, -0.25) is 14.4 Å². The Morgan fingerprint density at radius 3 is 1.04 bits per heavy atom. The van der Waals surface area contributed by atoms with Gasteiger partial charge in [0, 0.05) is 0 Å². The van der Waals surface area contributed by atoms with E-state index in [1.165, 1.54) is 38.0 Å². The molecule has 3 aromatic carbocycles. The van der Waals surface area contributed by atoms with Crippen molar-refractivity contribution in [3.8, 4) is 17.2 Å². The molecular weight excluding hydrogens is 576 g/mol. The van der Waals surface area contributed by atoms with Crippen LogP contribution in [0.2, 0.25) is 0 Å². The molecule has 9 heteroatoms. The summed E-state index contributed by atoms with van der Waals surface area (Å²) in [7, 11) is 4.21. The van der Waals surface area contributed by atoms with Gasteiger partial charge in [0.1, 0.15) is 17.2 Å². The molecule has 3 aliphatic carbocycles. The zero-order valence-corrected chi connectivity index (χ0v) is 26.1. The number of phenolic OH excluding ortho intramolecular Hbond substituents is 3. The second-order valence-electron chi connectivity index (χ2n) is 11.7. The second kappa shape index (κ2) is 15.5. The van der Waals surface area contributed by atoms with Crippen molar-refractivity contribution < 1.29 is 43.9 Å². The predicted molar refractivity (Wildman–Crippen MR) is 167 cm³/mol. The molecule has 0 saturated heterocycles. The number of ether oxygens (including phenoxy) is 3. The molecule has 0 saturated carbocycles. The molecule has 3 N–H and O–H groups in total. The second-order valence-corrected chi connectivity index (χ2v) is 11.7. The van der Waals surface area contributed by atoms with Gasteiger partial charge >= 0.3 is 17.9 Å². The normalized spacial score (nSPS) is 18.6. The monoisotopic (exact) mass is 618 g/mol. The highest BCUT2D eigenvalue weighted by molar-refractivity contribution is 5.72. The molecule has 0 radical (unpaired) electrons. The number of phenols is 3. The zero-order chi connectivity index (χ0) is 32.5. The van der Waals surface area contributed by atoms with Gasteiger partial charge in [0.15, 0.2) is 0 Å². The molecule has 0 aliphatic heterocycles. The molecule has 0 amide bonds. The Hall–Kier alpha value is -4.53. The fraction of sp³-hybridized carbons (Fsp3) is 0.417. The van der Waals surface area contributed by atoms with E-state index in [2.05, 4.69) is 14.2 Å². The Morgan fingerprint density at radius 1 is 0.533 bits per heavy atom. The van der Waals surface area contributed by atoms with Crippen molar-refractivity contribution in [3.63, 3.8) is 0 Å². The number of carbonyl (C=O) groups is 3. The van der Waals surface area contributed by atoms with E-state index in [0.717, 1.165) is 55.2 Å². The molecule has 3 atom stereocenters. The zero-order valence-electron chi connectivity index (χ0n) is 26.1. The SMILES string of the molecule is COC(=O)CC1CCc2ccc(O)cc21.COC(=O)C[C@@H]1CCc2ccc(O)cc21.COC(=O)C[C@H]1CCc2ccc(O)cc21. The van der Waals surface area contributed by atoms with Crippen LogP contribution in [0.3, 0.4) is 0 Å². The number of hydrogen-bond acceptors (Lipinski definition) is 9. The summed E-state index contributed by atoms with van der Waals surface area (Å²) in [5, 5.41) is 28.2. The van der Waals surface area contributed by atoms with Crippen LogP contribution in [-0.2, 0) is 47.9 Å². The molecule has 45 heavy (non-hydrogen) atoms. The quantitative estimate of drug-likeness (QED) is 0.226. The highest BCUT2D eigenvalue weighted by Crippen LogP contribution is 2.39. The van der Waals surface area contributed by atoms with Crippen molar-refractivity contribution in [2.75, 3.05) is 21.3 Å². The highest BCUT2D eigenvalue weighted by atomic mass is 16.5. The molecule has 0 bridgehead atoms. The number of fused-ring (bicyclic) bond motifs is 3.